The summed E-state index contributed by atoms with van der Waals surface area (Å²) in [6.45, 7) is 3.27. The Morgan fingerprint density at radius 2 is 1.68 bits per heavy atom. The lowest BCUT2D eigenvalue weighted by molar-refractivity contribution is -0.147. The van der Waals surface area contributed by atoms with Gasteiger partial charge in [-0.1, -0.05) is 18.2 Å². The van der Waals surface area contributed by atoms with Gasteiger partial charge in [0.15, 0.2) is 6.61 Å². The van der Waals surface area contributed by atoms with Crippen LogP contribution in [0.3, 0.4) is 0 Å². The van der Waals surface area contributed by atoms with Crippen LogP contribution < -0.4 is 10.6 Å². The van der Waals surface area contributed by atoms with Crippen LogP contribution >= 0.6 is 0 Å². The molecule has 0 aliphatic rings. The zero-order valence-corrected chi connectivity index (χ0v) is 17.1. The number of benzene rings is 2. The largest absolute Gasteiger partial charge is 0.456 e. The third-order valence-electron chi connectivity index (χ3n) is 4.29. The number of anilines is 2. The van der Waals surface area contributed by atoms with Gasteiger partial charge in [-0.3, -0.25) is 14.4 Å². The maximum absolute atomic E-state index is 12.7. The third kappa shape index (κ3) is 8.12. The second kappa shape index (κ2) is 10.6. The van der Waals surface area contributed by atoms with E-state index in [9.17, 15) is 27.6 Å². The molecule has 9 heteroatoms. The van der Waals surface area contributed by atoms with Gasteiger partial charge in [0.25, 0.3) is 5.91 Å². The maximum Gasteiger partial charge on any atom is 0.416 e. The molecule has 2 aromatic rings. The number of nitrogens with one attached hydrogen (secondary N) is 2. The Balaban J connectivity index is 1.70. The lowest BCUT2D eigenvalue weighted by Crippen LogP contribution is -2.21. The average Bonchev–Trinajstić information content (AvgIpc) is 2.69. The Labute approximate surface area is 177 Å². The molecular weight excluding hydrogens is 413 g/mol. The molecule has 0 radical (unpaired) electrons. The highest BCUT2D eigenvalue weighted by Gasteiger charge is 2.30. The van der Waals surface area contributed by atoms with Crippen molar-refractivity contribution in [1.29, 1.82) is 0 Å². The quantitative estimate of drug-likeness (QED) is 0.592. The van der Waals surface area contributed by atoms with Gasteiger partial charge in [0.2, 0.25) is 5.91 Å². The van der Waals surface area contributed by atoms with Crippen molar-refractivity contribution in [3.8, 4) is 0 Å². The van der Waals surface area contributed by atoms with E-state index in [2.05, 4.69) is 10.6 Å². The standard InChI is InChI=1S/C22H23F3N2O4/c1-14-9-10-15(2)18(11-14)27-20(29)13-31-21(30)8-4-7-19(28)26-17-6-3-5-16(12-17)22(23,24)25/h3,5-6,9-12H,4,7-8,13H2,1-2H3,(H,26,28)(H,27,29). The van der Waals surface area contributed by atoms with Crippen LogP contribution in [0.2, 0.25) is 0 Å². The minimum absolute atomic E-state index is 0.0190. The molecular formula is C22H23F3N2O4. The van der Waals surface area contributed by atoms with Crippen molar-refractivity contribution in [3.05, 3.63) is 59.2 Å². The highest BCUT2D eigenvalue weighted by molar-refractivity contribution is 5.93. The topological polar surface area (TPSA) is 84.5 Å². The molecule has 31 heavy (non-hydrogen) atoms. The van der Waals surface area contributed by atoms with Crippen LogP contribution in [0, 0.1) is 13.8 Å². The van der Waals surface area contributed by atoms with E-state index in [1.165, 1.54) is 12.1 Å². The molecule has 0 aromatic heterocycles. The van der Waals surface area contributed by atoms with Gasteiger partial charge in [-0.25, -0.2) is 0 Å². The van der Waals surface area contributed by atoms with Gasteiger partial charge >= 0.3 is 12.1 Å². The first-order valence-electron chi connectivity index (χ1n) is 9.54. The Morgan fingerprint density at radius 1 is 0.935 bits per heavy atom. The van der Waals surface area contributed by atoms with Crippen LogP contribution in [0.4, 0.5) is 24.5 Å². The van der Waals surface area contributed by atoms with Crippen molar-refractivity contribution in [3.63, 3.8) is 0 Å². The molecule has 0 saturated carbocycles. The first kappa shape index (κ1) is 23.9. The number of esters is 1. The number of halogens is 3. The van der Waals surface area contributed by atoms with Crippen LogP contribution in [0.1, 0.15) is 36.0 Å². The van der Waals surface area contributed by atoms with E-state index in [0.29, 0.717) is 5.69 Å². The SMILES string of the molecule is Cc1ccc(C)c(NC(=O)COC(=O)CCCC(=O)Nc2cccc(C(F)(F)F)c2)c1. The van der Waals surface area contributed by atoms with E-state index in [4.69, 9.17) is 4.74 Å². The van der Waals surface area contributed by atoms with E-state index in [1.54, 1.807) is 6.07 Å². The Bertz CT molecular complexity index is 958. The fourth-order valence-electron chi connectivity index (χ4n) is 2.67. The monoisotopic (exact) mass is 436 g/mol. The van der Waals surface area contributed by atoms with Gasteiger partial charge < -0.3 is 15.4 Å². The molecule has 2 amide bonds. The first-order chi connectivity index (χ1) is 14.5. The van der Waals surface area contributed by atoms with Crippen LogP contribution in [0.25, 0.3) is 0 Å². The lowest BCUT2D eigenvalue weighted by Gasteiger charge is -2.10. The van der Waals surface area contributed by atoms with E-state index < -0.39 is 36.1 Å². The fourth-order valence-corrected chi connectivity index (χ4v) is 2.67. The lowest BCUT2D eigenvalue weighted by atomic mass is 10.1. The smallest absolute Gasteiger partial charge is 0.416 e. The van der Waals surface area contributed by atoms with Crippen LogP contribution in [-0.2, 0) is 25.3 Å². The number of carbonyl (C=O) groups is 3. The molecule has 0 unspecified atom stereocenters. The zero-order chi connectivity index (χ0) is 23.0. The van der Waals surface area contributed by atoms with E-state index >= 15 is 0 Å². The molecule has 0 bridgehead atoms. The molecule has 0 aliphatic carbocycles. The Kier molecular flexibility index (Phi) is 8.18. The van der Waals surface area contributed by atoms with E-state index in [0.717, 1.165) is 23.3 Å². The number of amides is 2. The summed E-state index contributed by atoms with van der Waals surface area (Å²) in [6, 6.07) is 9.85. The molecule has 0 saturated heterocycles. The van der Waals surface area contributed by atoms with Crippen molar-refractivity contribution in [2.45, 2.75) is 39.3 Å². The summed E-state index contributed by atoms with van der Waals surface area (Å²) in [4.78, 5) is 35.6. The van der Waals surface area contributed by atoms with Gasteiger partial charge in [-0.2, -0.15) is 13.2 Å². The number of alkyl halides is 3. The number of ether oxygens (including phenoxy) is 1. The summed E-state index contributed by atoms with van der Waals surface area (Å²) in [5.41, 5.74) is 1.63. The van der Waals surface area contributed by atoms with Crippen LogP contribution in [0.5, 0.6) is 0 Å². The number of aryl methyl sites for hydroxylation is 2. The summed E-state index contributed by atoms with van der Waals surface area (Å²) in [7, 11) is 0. The molecule has 166 valence electrons. The normalized spacial score (nSPS) is 11.0. The predicted molar refractivity (Wildman–Crippen MR) is 109 cm³/mol. The summed E-state index contributed by atoms with van der Waals surface area (Å²) >= 11 is 0. The summed E-state index contributed by atoms with van der Waals surface area (Å²) in [5, 5.41) is 5.02. The molecule has 2 aromatic carbocycles. The highest BCUT2D eigenvalue weighted by Crippen LogP contribution is 2.30. The summed E-state index contributed by atoms with van der Waals surface area (Å²) in [5.74, 6) is -1.66. The van der Waals surface area contributed by atoms with Gasteiger partial charge in [0.1, 0.15) is 0 Å². The number of carbonyl (C=O) groups excluding carboxylic acids is 3. The predicted octanol–water partition coefficient (Wildman–Crippen LogP) is 4.61. The van der Waals surface area contributed by atoms with E-state index in [1.807, 2.05) is 26.0 Å². The fraction of sp³-hybridized carbons (Fsp3) is 0.318. The van der Waals surface area contributed by atoms with E-state index in [-0.39, 0.29) is 24.9 Å². The molecule has 6 nitrogen and oxygen atoms in total. The molecule has 0 heterocycles. The van der Waals surface area contributed by atoms with Crippen molar-refractivity contribution in [2.24, 2.45) is 0 Å². The number of rotatable bonds is 8. The minimum atomic E-state index is -4.51. The van der Waals surface area contributed by atoms with Gasteiger partial charge in [-0.05, 0) is 55.7 Å². The number of hydrogen-bond donors (Lipinski definition) is 2. The van der Waals surface area contributed by atoms with Crippen molar-refractivity contribution < 1.29 is 32.3 Å². The molecule has 2 N–H and O–H groups in total. The Hall–Kier alpha value is -3.36. The van der Waals surface area contributed by atoms with Gasteiger partial charge in [0.05, 0.1) is 5.56 Å². The van der Waals surface area contributed by atoms with Crippen LogP contribution in [-0.4, -0.2) is 24.4 Å². The molecule has 0 atom stereocenters. The maximum atomic E-state index is 12.7. The van der Waals surface area contributed by atoms with Crippen molar-refractivity contribution in [2.75, 3.05) is 17.2 Å². The third-order valence-corrected chi connectivity index (χ3v) is 4.29. The minimum Gasteiger partial charge on any atom is -0.456 e. The molecule has 2 rings (SSSR count). The average molecular weight is 436 g/mol. The number of hydrogen-bond acceptors (Lipinski definition) is 4. The molecule has 0 spiro atoms. The zero-order valence-electron chi connectivity index (χ0n) is 17.1. The highest BCUT2D eigenvalue weighted by atomic mass is 19.4. The first-order valence-corrected chi connectivity index (χ1v) is 9.54. The second-order valence-corrected chi connectivity index (χ2v) is 7.01. The van der Waals surface area contributed by atoms with Crippen LogP contribution in [0.15, 0.2) is 42.5 Å². The summed E-state index contributed by atoms with van der Waals surface area (Å²) in [6.07, 6.45) is -4.57. The second-order valence-electron chi connectivity index (χ2n) is 7.01. The molecule has 0 aliphatic heterocycles. The summed E-state index contributed by atoms with van der Waals surface area (Å²) < 4.78 is 43.0. The van der Waals surface area contributed by atoms with Gasteiger partial charge in [-0.15, -0.1) is 0 Å². The van der Waals surface area contributed by atoms with Crippen molar-refractivity contribution >= 4 is 29.2 Å². The van der Waals surface area contributed by atoms with Gasteiger partial charge in [0, 0.05) is 24.2 Å². The van der Waals surface area contributed by atoms with Crippen molar-refractivity contribution in [1.82, 2.24) is 0 Å². The Morgan fingerprint density at radius 3 is 2.39 bits per heavy atom. The molecule has 0 fully saturated rings.